The molecular weight excluding hydrogens is 238 g/mol. The first-order valence-corrected chi connectivity index (χ1v) is 7.47. The van der Waals surface area contributed by atoms with Gasteiger partial charge in [-0.25, -0.2) is 4.79 Å². The smallest absolute Gasteiger partial charge is 0.326 e. The maximum Gasteiger partial charge on any atom is 0.326 e. The lowest BCUT2D eigenvalue weighted by atomic mass is 9.97. The summed E-state index contributed by atoms with van der Waals surface area (Å²) < 4.78 is 0. The highest BCUT2D eigenvalue weighted by molar-refractivity contribution is 7.98. The standard InChI is InChI=1S/C12H21NO3S/c1-8-4-3-5-9(8)11(14)13-10(12(15)16)6-7-17-2/h8-10H,3-7H2,1-2H3,(H,13,14)(H,15,16)/t8?,9?,10-/m1/s1. The highest BCUT2D eigenvalue weighted by Gasteiger charge is 2.31. The molecule has 0 aromatic rings. The summed E-state index contributed by atoms with van der Waals surface area (Å²) in [6.07, 6.45) is 5.45. The lowest BCUT2D eigenvalue weighted by Gasteiger charge is -2.19. The predicted octanol–water partition coefficient (Wildman–Crippen LogP) is 1.75. The molecule has 0 radical (unpaired) electrons. The van der Waals surface area contributed by atoms with E-state index >= 15 is 0 Å². The number of carboxylic acids is 1. The molecule has 0 bridgehead atoms. The highest BCUT2D eigenvalue weighted by atomic mass is 32.2. The average molecular weight is 259 g/mol. The molecule has 5 heteroatoms. The monoisotopic (exact) mass is 259 g/mol. The molecule has 0 aliphatic heterocycles. The van der Waals surface area contributed by atoms with E-state index in [1.807, 2.05) is 6.26 Å². The minimum absolute atomic E-state index is 0.00568. The quantitative estimate of drug-likeness (QED) is 0.762. The van der Waals surface area contributed by atoms with Gasteiger partial charge in [-0.15, -0.1) is 0 Å². The first-order chi connectivity index (χ1) is 8.06. The number of hydrogen-bond acceptors (Lipinski definition) is 3. The van der Waals surface area contributed by atoms with Crippen LogP contribution in [0.2, 0.25) is 0 Å². The van der Waals surface area contributed by atoms with E-state index in [1.165, 1.54) is 0 Å². The molecule has 0 aromatic carbocycles. The second-order valence-electron chi connectivity index (χ2n) is 4.70. The van der Waals surface area contributed by atoms with Gasteiger partial charge in [-0.05, 0) is 37.2 Å². The number of aliphatic carboxylic acids is 1. The van der Waals surface area contributed by atoms with E-state index in [1.54, 1.807) is 11.8 Å². The van der Waals surface area contributed by atoms with Gasteiger partial charge < -0.3 is 10.4 Å². The van der Waals surface area contributed by atoms with Crippen LogP contribution in [0.15, 0.2) is 0 Å². The largest absolute Gasteiger partial charge is 0.480 e. The van der Waals surface area contributed by atoms with Crippen molar-refractivity contribution < 1.29 is 14.7 Å². The summed E-state index contributed by atoms with van der Waals surface area (Å²) in [6, 6.07) is -0.734. The Hall–Kier alpha value is -0.710. The summed E-state index contributed by atoms with van der Waals surface area (Å²) in [4.78, 5) is 23.0. The van der Waals surface area contributed by atoms with Gasteiger partial charge in [0, 0.05) is 5.92 Å². The van der Waals surface area contributed by atoms with Crippen molar-refractivity contribution in [2.75, 3.05) is 12.0 Å². The van der Waals surface area contributed by atoms with Crippen molar-refractivity contribution in [3.8, 4) is 0 Å². The number of hydrogen-bond donors (Lipinski definition) is 2. The van der Waals surface area contributed by atoms with Gasteiger partial charge in [0.2, 0.25) is 5.91 Å². The van der Waals surface area contributed by atoms with E-state index in [4.69, 9.17) is 5.11 Å². The van der Waals surface area contributed by atoms with Gasteiger partial charge in [-0.1, -0.05) is 13.3 Å². The van der Waals surface area contributed by atoms with E-state index in [0.29, 0.717) is 12.3 Å². The number of amides is 1. The van der Waals surface area contributed by atoms with E-state index in [-0.39, 0.29) is 11.8 Å². The van der Waals surface area contributed by atoms with Crippen LogP contribution in [-0.2, 0) is 9.59 Å². The Balaban J connectivity index is 2.48. The Morgan fingerprint density at radius 2 is 2.18 bits per heavy atom. The first-order valence-electron chi connectivity index (χ1n) is 6.08. The van der Waals surface area contributed by atoms with Crippen LogP contribution in [0, 0.1) is 11.8 Å². The molecule has 0 aromatic heterocycles. The molecule has 1 rings (SSSR count). The van der Waals surface area contributed by atoms with Gasteiger partial charge in [0.25, 0.3) is 0 Å². The van der Waals surface area contributed by atoms with Crippen molar-refractivity contribution in [2.45, 2.75) is 38.6 Å². The Kier molecular flexibility index (Phi) is 5.82. The lowest BCUT2D eigenvalue weighted by molar-refractivity contribution is -0.142. The summed E-state index contributed by atoms with van der Waals surface area (Å²) in [5.41, 5.74) is 0. The molecule has 1 aliphatic carbocycles. The first kappa shape index (κ1) is 14.4. The molecule has 1 fully saturated rings. The zero-order chi connectivity index (χ0) is 12.8. The number of carboxylic acid groups (broad SMARTS) is 1. The van der Waals surface area contributed by atoms with Crippen molar-refractivity contribution in [3.05, 3.63) is 0 Å². The Morgan fingerprint density at radius 1 is 1.47 bits per heavy atom. The van der Waals surface area contributed by atoms with E-state index in [0.717, 1.165) is 25.0 Å². The third kappa shape index (κ3) is 4.22. The van der Waals surface area contributed by atoms with Crippen LogP contribution in [0.5, 0.6) is 0 Å². The van der Waals surface area contributed by atoms with E-state index in [9.17, 15) is 9.59 Å². The maximum atomic E-state index is 12.0. The van der Waals surface area contributed by atoms with Gasteiger partial charge in [-0.2, -0.15) is 11.8 Å². The molecule has 0 heterocycles. The van der Waals surface area contributed by atoms with Crippen LogP contribution in [0.3, 0.4) is 0 Å². The van der Waals surface area contributed by atoms with Crippen molar-refractivity contribution in [1.29, 1.82) is 0 Å². The summed E-state index contributed by atoms with van der Waals surface area (Å²) in [6.45, 7) is 2.06. The molecule has 0 saturated heterocycles. The molecule has 1 aliphatic rings. The number of nitrogens with one attached hydrogen (secondary N) is 1. The molecule has 1 amide bonds. The number of carbonyl (C=O) groups is 2. The lowest BCUT2D eigenvalue weighted by Crippen LogP contribution is -2.44. The SMILES string of the molecule is CSCC[C@@H](NC(=O)C1CCCC1C)C(=O)O. The normalized spacial score (nSPS) is 25.5. The number of rotatable bonds is 6. The highest BCUT2D eigenvalue weighted by Crippen LogP contribution is 2.31. The minimum Gasteiger partial charge on any atom is -0.480 e. The van der Waals surface area contributed by atoms with Gasteiger partial charge in [0.05, 0.1) is 0 Å². The van der Waals surface area contributed by atoms with Crippen LogP contribution in [-0.4, -0.2) is 35.0 Å². The second kappa shape index (κ2) is 6.89. The van der Waals surface area contributed by atoms with Gasteiger partial charge in [-0.3, -0.25) is 4.79 Å². The summed E-state index contributed by atoms with van der Waals surface area (Å²) in [5.74, 6) is 0.120. The van der Waals surface area contributed by atoms with Crippen LogP contribution in [0.25, 0.3) is 0 Å². The van der Waals surface area contributed by atoms with Crippen molar-refractivity contribution in [1.82, 2.24) is 5.32 Å². The topological polar surface area (TPSA) is 66.4 Å². The summed E-state index contributed by atoms with van der Waals surface area (Å²) in [5, 5.41) is 11.7. The van der Waals surface area contributed by atoms with E-state index < -0.39 is 12.0 Å². The molecule has 1 saturated carbocycles. The summed E-state index contributed by atoms with van der Waals surface area (Å²) in [7, 11) is 0. The zero-order valence-electron chi connectivity index (χ0n) is 10.4. The fourth-order valence-electron chi connectivity index (χ4n) is 2.31. The Morgan fingerprint density at radius 3 is 2.65 bits per heavy atom. The molecular formula is C12H21NO3S. The van der Waals surface area contributed by atoms with Crippen molar-refractivity contribution in [2.24, 2.45) is 11.8 Å². The fraction of sp³-hybridized carbons (Fsp3) is 0.833. The van der Waals surface area contributed by atoms with Gasteiger partial charge >= 0.3 is 5.97 Å². The van der Waals surface area contributed by atoms with Crippen LogP contribution in [0.1, 0.15) is 32.6 Å². The third-order valence-corrected chi connectivity index (χ3v) is 4.07. The van der Waals surface area contributed by atoms with Crippen LogP contribution >= 0.6 is 11.8 Å². The molecule has 2 unspecified atom stereocenters. The third-order valence-electron chi connectivity index (χ3n) is 3.42. The second-order valence-corrected chi connectivity index (χ2v) is 5.68. The molecule has 4 nitrogen and oxygen atoms in total. The van der Waals surface area contributed by atoms with Gasteiger partial charge in [0.15, 0.2) is 0 Å². The predicted molar refractivity (Wildman–Crippen MR) is 69.1 cm³/mol. The maximum absolute atomic E-state index is 12.0. The number of thioether (sulfide) groups is 1. The van der Waals surface area contributed by atoms with Crippen LogP contribution < -0.4 is 5.32 Å². The molecule has 98 valence electrons. The minimum atomic E-state index is -0.932. The van der Waals surface area contributed by atoms with E-state index in [2.05, 4.69) is 12.2 Å². The van der Waals surface area contributed by atoms with Crippen molar-refractivity contribution >= 4 is 23.6 Å². The molecule has 2 N–H and O–H groups in total. The van der Waals surface area contributed by atoms with Crippen LogP contribution in [0.4, 0.5) is 0 Å². The molecule has 3 atom stereocenters. The average Bonchev–Trinajstić information content (AvgIpc) is 2.70. The zero-order valence-corrected chi connectivity index (χ0v) is 11.3. The fourth-order valence-corrected chi connectivity index (χ4v) is 2.78. The Bertz CT molecular complexity index is 283. The molecule has 0 spiro atoms. The Labute approximate surface area is 107 Å². The summed E-state index contributed by atoms with van der Waals surface area (Å²) >= 11 is 1.59. The molecule has 17 heavy (non-hydrogen) atoms. The number of carbonyl (C=O) groups excluding carboxylic acids is 1. The van der Waals surface area contributed by atoms with Gasteiger partial charge in [0.1, 0.15) is 6.04 Å². The van der Waals surface area contributed by atoms with Crippen molar-refractivity contribution in [3.63, 3.8) is 0 Å².